The molecule has 0 fully saturated rings. The lowest BCUT2D eigenvalue weighted by molar-refractivity contribution is 0.298. The number of rotatable bonds is 26. The molecule has 0 heterocycles. The van der Waals surface area contributed by atoms with Gasteiger partial charge in [0.15, 0.2) is 6.73 Å². The number of benzene rings is 4. The molecule has 0 unspecified atom stereocenters. The summed E-state index contributed by atoms with van der Waals surface area (Å²) in [6.45, 7) is 4.71. The molecular formula is C43H59N2O5P. The molecule has 7 nitrogen and oxygen atoms in total. The van der Waals surface area contributed by atoms with Crippen molar-refractivity contribution < 1.29 is 22.9 Å². The first-order valence-corrected chi connectivity index (χ1v) is 20.6. The van der Waals surface area contributed by atoms with Crippen molar-refractivity contribution in [2.24, 2.45) is 0 Å². The number of nitrogens with two attached hydrogens (primary N) is 1. The third-order valence-electron chi connectivity index (χ3n) is 8.87. The molecule has 0 aliphatic carbocycles. The first-order valence-electron chi connectivity index (χ1n) is 19.1. The molecule has 0 aromatic heterocycles. The van der Waals surface area contributed by atoms with Gasteiger partial charge in [-0.25, -0.2) is 0 Å². The van der Waals surface area contributed by atoms with Crippen LogP contribution in [0.2, 0.25) is 0 Å². The smallest absolute Gasteiger partial charge is 0.473 e. The third kappa shape index (κ3) is 15.8. The number of nitrogen functional groups attached to an aromatic ring is 1. The lowest BCUT2D eigenvalue weighted by Gasteiger charge is -2.20. The van der Waals surface area contributed by atoms with Gasteiger partial charge in [-0.3, -0.25) is 0 Å². The summed E-state index contributed by atoms with van der Waals surface area (Å²) >= 11 is 0. The van der Waals surface area contributed by atoms with Gasteiger partial charge in [0.25, 0.3) is 0 Å². The third-order valence-corrected chi connectivity index (χ3v) is 10.2. The SMILES string of the molecule is CCCCCCCCCc1ccc(OP(=O)(Oc2ccc(CCCCCCCCC)cc2)Oc2cccc(NCOc3ccc(N)cc3)c2)cc1. The average molecular weight is 715 g/mol. The normalized spacial score (nSPS) is 11.3. The van der Waals surface area contributed by atoms with Gasteiger partial charge in [0.2, 0.25) is 0 Å². The molecule has 8 heteroatoms. The minimum Gasteiger partial charge on any atom is -0.473 e. The van der Waals surface area contributed by atoms with Crippen molar-refractivity contribution in [3.63, 3.8) is 0 Å². The van der Waals surface area contributed by atoms with Gasteiger partial charge >= 0.3 is 7.82 Å². The molecule has 4 aromatic carbocycles. The minimum atomic E-state index is -4.16. The van der Waals surface area contributed by atoms with Crippen LogP contribution >= 0.6 is 7.82 Å². The average Bonchev–Trinajstić information content (AvgIpc) is 3.13. The number of hydrogen-bond acceptors (Lipinski definition) is 7. The zero-order valence-corrected chi connectivity index (χ0v) is 31.7. The Kier molecular flexibility index (Phi) is 17.6. The molecule has 0 amide bonds. The van der Waals surface area contributed by atoms with Crippen LogP contribution < -0.4 is 29.4 Å². The van der Waals surface area contributed by atoms with Crippen LogP contribution in [0.15, 0.2) is 97.1 Å². The second kappa shape index (κ2) is 22.7. The van der Waals surface area contributed by atoms with E-state index in [-0.39, 0.29) is 6.73 Å². The van der Waals surface area contributed by atoms with E-state index in [4.69, 9.17) is 24.0 Å². The quantitative estimate of drug-likeness (QED) is 0.0289. The molecule has 0 atom stereocenters. The van der Waals surface area contributed by atoms with Crippen molar-refractivity contribution in [3.8, 4) is 23.0 Å². The summed E-state index contributed by atoms with van der Waals surface area (Å²) in [7, 11) is -4.16. The Labute approximate surface area is 306 Å². The molecule has 3 N–H and O–H groups in total. The molecule has 0 spiro atoms. The van der Waals surface area contributed by atoms with Gasteiger partial charge in [-0.05, 0) is 97.5 Å². The van der Waals surface area contributed by atoms with Gasteiger partial charge in [-0.1, -0.05) is 121 Å². The molecule has 0 bridgehead atoms. The predicted octanol–water partition coefficient (Wildman–Crippen LogP) is 12.9. The highest BCUT2D eigenvalue weighted by atomic mass is 31.2. The van der Waals surface area contributed by atoms with E-state index < -0.39 is 7.82 Å². The van der Waals surface area contributed by atoms with Crippen LogP contribution in [0.3, 0.4) is 0 Å². The van der Waals surface area contributed by atoms with Gasteiger partial charge in [-0.15, -0.1) is 0 Å². The maximum Gasteiger partial charge on any atom is 0.647 e. The van der Waals surface area contributed by atoms with Gasteiger partial charge in [0, 0.05) is 17.4 Å². The number of phosphoric ester groups is 1. The maximum absolute atomic E-state index is 14.3. The number of ether oxygens (including phenoxy) is 1. The summed E-state index contributed by atoms with van der Waals surface area (Å²) in [6.07, 6.45) is 19.8. The summed E-state index contributed by atoms with van der Waals surface area (Å²) in [5, 5.41) is 3.21. The van der Waals surface area contributed by atoms with Gasteiger partial charge < -0.3 is 29.4 Å². The predicted molar refractivity (Wildman–Crippen MR) is 212 cm³/mol. The fourth-order valence-electron chi connectivity index (χ4n) is 5.88. The number of unbranched alkanes of at least 4 members (excludes halogenated alkanes) is 12. The van der Waals surface area contributed by atoms with E-state index in [9.17, 15) is 4.57 Å². The standard InChI is InChI=1S/C43H59N2O5P/c1-3-5-7-9-11-13-15-18-36-22-28-41(29-23-36)48-51(46,49-42-30-24-37(25-31-42)19-16-14-12-10-8-6-4-2)50-43-21-17-20-39(34-43)45-35-47-40-32-26-38(44)27-33-40/h17,20-34,45H,3-16,18-19,35,44H2,1-2H3. The zero-order chi connectivity index (χ0) is 36.0. The lowest BCUT2D eigenvalue weighted by atomic mass is 10.0. The Hall–Kier alpha value is -4.09. The highest BCUT2D eigenvalue weighted by molar-refractivity contribution is 7.49. The Morgan fingerprint density at radius 3 is 1.49 bits per heavy atom. The molecule has 0 saturated carbocycles. The van der Waals surface area contributed by atoms with Crippen LogP contribution in [0.1, 0.15) is 115 Å². The topological polar surface area (TPSA) is 92.0 Å². The Bertz CT molecular complexity index is 1490. The minimum absolute atomic E-state index is 0.217. The van der Waals surface area contributed by atoms with E-state index in [2.05, 4.69) is 19.2 Å². The molecular weight excluding hydrogens is 655 g/mol. The van der Waals surface area contributed by atoms with Crippen molar-refractivity contribution >= 4 is 19.2 Å². The van der Waals surface area contributed by atoms with E-state index in [1.807, 2.05) is 72.8 Å². The molecule has 0 aliphatic rings. The van der Waals surface area contributed by atoms with Crippen LogP contribution in [0.4, 0.5) is 11.4 Å². The largest absolute Gasteiger partial charge is 0.647 e. The van der Waals surface area contributed by atoms with Crippen molar-refractivity contribution in [1.29, 1.82) is 0 Å². The number of hydrogen-bond donors (Lipinski definition) is 2. The fraction of sp³-hybridized carbons (Fsp3) is 0.442. The molecule has 276 valence electrons. The fourth-order valence-corrected chi connectivity index (χ4v) is 7.12. The second-order valence-corrected chi connectivity index (χ2v) is 14.8. The molecule has 0 saturated heterocycles. The van der Waals surface area contributed by atoms with Crippen LogP contribution in [0.25, 0.3) is 0 Å². The van der Waals surface area contributed by atoms with Crippen LogP contribution in [0, 0.1) is 0 Å². The monoisotopic (exact) mass is 714 g/mol. The summed E-state index contributed by atoms with van der Waals surface area (Å²) in [5.74, 6) is 1.87. The zero-order valence-electron chi connectivity index (χ0n) is 30.8. The summed E-state index contributed by atoms with van der Waals surface area (Å²) in [6, 6.07) is 29.8. The van der Waals surface area contributed by atoms with Crippen molar-refractivity contribution in [2.45, 2.75) is 117 Å². The number of phosphoric acid groups is 1. The molecule has 0 radical (unpaired) electrons. The van der Waals surface area contributed by atoms with Gasteiger partial charge in [-0.2, -0.15) is 4.57 Å². The van der Waals surface area contributed by atoms with Crippen molar-refractivity contribution in [3.05, 3.63) is 108 Å². The van der Waals surface area contributed by atoms with Crippen LogP contribution in [0.5, 0.6) is 23.0 Å². The van der Waals surface area contributed by atoms with E-state index >= 15 is 0 Å². The Balaban J connectivity index is 1.38. The van der Waals surface area contributed by atoms with Crippen LogP contribution in [-0.2, 0) is 17.4 Å². The summed E-state index contributed by atoms with van der Waals surface area (Å²) in [5.41, 5.74) is 9.62. The first kappa shape index (κ1) is 39.7. The van der Waals surface area contributed by atoms with Crippen molar-refractivity contribution in [1.82, 2.24) is 0 Å². The van der Waals surface area contributed by atoms with E-state index in [1.165, 1.54) is 88.2 Å². The molecule has 51 heavy (non-hydrogen) atoms. The first-order chi connectivity index (χ1) is 24.9. The highest BCUT2D eigenvalue weighted by Crippen LogP contribution is 2.50. The van der Waals surface area contributed by atoms with Gasteiger partial charge in [0.1, 0.15) is 23.0 Å². The number of nitrogens with one attached hydrogen (secondary N) is 1. The van der Waals surface area contributed by atoms with E-state index in [0.717, 1.165) is 31.4 Å². The second-order valence-electron chi connectivity index (χ2n) is 13.3. The lowest BCUT2D eigenvalue weighted by Crippen LogP contribution is -2.10. The van der Waals surface area contributed by atoms with E-state index in [1.54, 1.807) is 24.3 Å². The number of aryl methyl sites for hydroxylation is 2. The highest BCUT2D eigenvalue weighted by Gasteiger charge is 2.33. The Morgan fingerprint density at radius 1 is 0.529 bits per heavy atom. The Morgan fingerprint density at radius 2 is 0.980 bits per heavy atom. The summed E-state index contributed by atoms with van der Waals surface area (Å²) < 4.78 is 38.2. The van der Waals surface area contributed by atoms with Crippen molar-refractivity contribution in [2.75, 3.05) is 17.8 Å². The number of anilines is 2. The molecule has 4 rings (SSSR count). The van der Waals surface area contributed by atoms with Gasteiger partial charge in [0.05, 0.1) is 0 Å². The molecule has 4 aromatic rings. The van der Waals surface area contributed by atoms with E-state index in [0.29, 0.717) is 28.7 Å². The summed E-state index contributed by atoms with van der Waals surface area (Å²) in [4.78, 5) is 0. The van der Waals surface area contributed by atoms with Crippen LogP contribution in [-0.4, -0.2) is 6.73 Å². The maximum atomic E-state index is 14.3. The molecule has 0 aliphatic heterocycles.